The molecule has 1 unspecified atom stereocenters. The normalized spacial score (nSPS) is 15.0. The van der Waals surface area contributed by atoms with E-state index < -0.39 is 7.05 Å². The summed E-state index contributed by atoms with van der Waals surface area (Å²) in [6, 6.07) is 37.7. The molecule has 0 heterocycles. The van der Waals surface area contributed by atoms with Crippen molar-refractivity contribution in [2.24, 2.45) is 4.74 Å². The summed E-state index contributed by atoms with van der Waals surface area (Å²) < 4.78 is 6.01. The van der Waals surface area contributed by atoms with Crippen molar-refractivity contribution in [2.75, 3.05) is 0 Å². The van der Waals surface area contributed by atoms with E-state index in [4.69, 9.17) is 4.74 Å². The molecular weight excluding hydrogens is 441 g/mol. The monoisotopic (exact) mass is 475 g/mol. The van der Waals surface area contributed by atoms with Crippen LogP contribution in [0.15, 0.2) is 114 Å². The molecule has 1 aliphatic rings. The Labute approximate surface area is 210 Å². The molecule has 35 heavy (non-hydrogen) atoms. The van der Waals surface area contributed by atoms with Crippen molar-refractivity contribution < 1.29 is 0 Å². The molecule has 5 rings (SSSR count). The summed E-state index contributed by atoms with van der Waals surface area (Å²) in [4.78, 5) is 0. The second kappa shape index (κ2) is 9.84. The molecule has 0 radical (unpaired) electrons. The Balaban J connectivity index is 1.96. The van der Waals surface area contributed by atoms with E-state index >= 15 is 0 Å². The lowest BCUT2D eigenvalue weighted by atomic mass is 9.93. The van der Waals surface area contributed by atoms with E-state index in [1.807, 2.05) is 0 Å². The quantitative estimate of drug-likeness (QED) is 0.247. The minimum absolute atomic E-state index is 0.198. The van der Waals surface area contributed by atoms with E-state index in [-0.39, 0.29) is 5.66 Å². The average Bonchev–Trinajstić information content (AvgIpc) is 3.32. The first kappa shape index (κ1) is 23.6. The van der Waals surface area contributed by atoms with E-state index in [1.165, 1.54) is 38.6 Å². The first-order valence-electron chi connectivity index (χ1n) is 12.7. The van der Waals surface area contributed by atoms with Gasteiger partial charge in [-0.05, 0) is 44.7 Å². The summed E-state index contributed by atoms with van der Waals surface area (Å²) in [5.74, 6) is 0.791. The molecule has 4 aromatic carbocycles. The Morgan fingerprint density at radius 1 is 0.600 bits per heavy atom. The third-order valence-corrected chi connectivity index (χ3v) is 11.0. The maximum atomic E-state index is 6.01. The minimum Gasteiger partial charge on any atom is -0.257 e. The zero-order valence-electron chi connectivity index (χ0n) is 21.1. The van der Waals surface area contributed by atoms with Crippen LogP contribution in [0.5, 0.6) is 0 Å². The topological polar surface area (TPSA) is 12.4 Å². The maximum absolute atomic E-state index is 6.01. The van der Waals surface area contributed by atoms with Crippen molar-refractivity contribution in [3.8, 4) is 0 Å². The van der Waals surface area contributed by atoms with Gasteiger partial charge in [0.05, 0.1) is 5.69 Å². The fraction of sp³-hybridized carbons (Fsp3) is 0.212. The van der Waals surface area contributed by atoms with Crippen LogP contribution in [0.25, 0.3) is 6.08 Å². The molecule has 0 fully saturated rings. The lowest BCUT2D eigenvalue weighted by Gasteiger charge is -2.33. The highest BCUT2D eigenvalue weighted by Gasteiger charge is 2.37. The molecule has 1 nitrogen and oxygen atoms in total. The molecule has 2 heteroatoms. The van der Waals surface area contributed by atoms with Gasteiger partial charge in [-0.2, -0.15) is 0 Å². The van der Waals surface area contributed by atoms with Crippen LogP contribution in [-0.2, 0) is 0 Å². The fourth-order valence-electron chi connectivity index (χ4n) is 5.30. The second-order valence-electron chi connectivity index (χ2n) is 9.98. The summed E-state index contributed by atoms with van der Waals surface area (Å²) >= 11 is 0. The second-order valence-corrected chi connectivity index (χ2v) is 13.1. The van der Waals surface area contributed by atoms with Crippen molar-refractivity contribution in [1.82, 2.24) is 0 Å². The van der Waals surface area contributed by atoms with Gasteiger partial charge in [0.2, 0.25) is 0 Å². The molecule has 4 aromatic rings. The largest absolute Gasteiger partial charge is 0.257 e. The van der Waals surface area contributed by atoms with Crippen LogP contribution in [-0.4, -0.2) is 0 Å². The molecule has 0 spiro atoms. The average molecular weight is 476 g/mol. The zero-order valence-corrected chi connectivity index (χ0v) is 22.0. The third kappa shape index (κ3) is 4.24. The lowest BCUT2D eigenvalue weighted by Crippen LogP contribution is -2.20. The van der Waals surface area contributed by atoms with Crippen LogP contribution in [0.3, 0.4) is 0 Å². The molecule has 0 N–H and O–H groups in total. The van der Waals surface area contributed by atoms with Gasteiger partial charge in [-0.15, -0.1) is 0 Å². The number of allylic oxidation sites excluding steroid dienone is 1. The van der Waals surface area contributed by atoms with Crippen molar-refractivity contribution >= 4 is 29.4 Å². The highest BCUT2D eigenvalue weighted by molar-refractivity contribution is 7.81. The summed E-state index contributed by atoms with van der Waals surface area (Å²) in [6.07, 6.45) is 4.71. The van der Waals surface area contributed by atoms with E-state index in [1.54, 1.807) is 0 Å². The first-order chi connectivity index (χ1) is 17.0. The van der Waals surface area contributed by atoms with E-state index in [9.17, 15) is 0 Å². The Morgan fingerprint density at radius 3 is 1.66 bits per heavy atom. The van der Waals surface area contributed by atoms with Crippen molar-refractivity contribution in [3.05, 3.63) is 131 Å². The number of rotatable bonds is 6. The molecule has 0 saturated carbocycles. The van der Waals surface area contributed by atoms with Gasteiger partial charge >= 0.3 is 0 Å². The van der Waals surface area contributed by atoms with Crippen LogP contribution in [0, 0.1) is 0 Å². The van der Waals surface area contributed by atoms with Crippen molar-refractivity contribution in [1.29, 1.82) is 0 Å². The Kier molecular flexibility index (Phi) is 6.63. The SMILES string of the molecule is CC(C)c1cccc(C(C)C)c1N=P(c1ccccc1)(c1ccccc1)C1C=Cc2ccccc21. The predicted octanol–water partition coefficient (Wildman–Crippen LogP) is 9.19. The van der Waals surface area contributed by atoms with Gasteiger partial charge in [-0.3, -0.25) is 4.74 Å². The van der Waals surface area contributed by atoms with Crippen LogP contribution in [0.2, 0.25) is 0 Å². The van der Waals surface area contributed by atoms with Gasteiger partial charge in [0.15, 0.2) is 0 Å². The highest BCUT2D eigenvalue weighted by Crippen LogP contribution is 2.65. The zero-order chi connectivity index (χ0) is 24.4. The Bertz CT molecular complexity index is 1330. The number of fused-ring (bicyclic) bond motifs is 1. The molecule has 0 bridgehead atoms. The molecule has 0 amide bonds. The number of nitrogens with zero attached hydrogens (tertiary/aromatic N) is 1. The molecule has 176 valence electrons. The van der Waals surface area contributed by atoms with E-state index in [0.717, 1.165) is 0 Å². The summed E-state index contributed by atoms with van der Waals surface area (Å²) in [6.45, 7) is 9.14. The fourth-order valence-corrected chi connectivity index (χ4v) is 9.37. The van der Waals surface area contributed by atoms with Gasteiger partial charge in [0.1, 0.15) is 0 Å². The summed E-state index contributed by atoms with van der Waals surface area (Å²) in [5.41, 5.74) is 6.75. The first-order valence-corrected chi connectivity index (χ1v) is 14.5. The van der Waals surface area contributed by atoms with Crippen molar-refractivity contribution in [2.45, 2.75) is 45.2 Å². The van der Waals surface area contributed by atoms with Gasteiger partial charge < -0.3 is 0 Å². The predicted molar refractivity (Wildman–Crippen MR) is 154 cm³/mol. The van der Waals surface area contributed by atoms with Gasteiger partial charge in [-0.1, -0.05) is 143 Å². The Morgan fingerprint density at radius 2 is 1.11 bits per heavy atom. The highest BCUT2D eigenvalue weighted by atomic mass is 31.2. The third-order valence-electron chi connectivity index (χ3n) is 7.08. The number of hydrogen-bond acceptors (Lipinski definition) is 1. The van der Waals surface area contributed by atoms with Gasteiger partial charge in [-0.25, -0.2) is 0 Å². The number of benzene rings is 4. The number of hydrogen-bond donors (Lipinski definition) is 0. The smallest absolute Gasteiger partial charge is 0.0690 e. The molecule has 0 aliphatic heterocycles. The minimum atomic E-state index is -2.30. The van der Waals surface area contributed by atoms with Gasteiger partial charge in [0, 0.05) is 12.7 Å². The van der Waals surface area contributed by atoms with Crippen LogP contribution >= 0.6 is 7.05 Å². The van der Waals surface area contributed by atoms with Crippen LogP contribution in [0.1, 0.15) is 67.4 Å². The molecular formula is C33H34NP. The van der Waals surface area contributed by atoms with Gasteiger partial charge in [0.25, 0.3) is 0 Å². The molecule has 1 atom stereocenters. The van der Waals surface area contributed by atoms with Crippen molar-refractivity contribution in [3.63, 3.8) is 0 Å². The van der Waals surface area contributed by atoms with Crippen LogP contribution in [0.4, 0.5) is 5.69 Å². The standard InChI is InChI=1S/C33H34NP/c1-24(2)29-20-13-21-30(25(3)4)33(29)34-35(27-15-7-5-8-16-27,28-17-9-6-10-18-28)32-23-22-26-14-11-12-19-31(26)32/h5-25,32H,1-4H3. The van der Waals surface area contributed by atoms with E-state index in [0.29, 0.717) is 11.8 Å². The van der Waals surface area contributed by atoms with Crippen LogP contribution < -0.4 is 10.6 Å². The maximum Gasteiger partial charge on any atom is 0.0690 e. The Hall–Kier alpha value is -3.15. The molecule has 0 saturated heterocycles. The van der Waals surface area contributed by atoms with E-state index in [2.05, 4.69) is 143 Å². The summed E-state index contributed by atoms with van der Waals surface area (Å²) in [5, 5.41) is 2.65. The molecule has 0 aromatic heterocycles. The lowest BCUT2D eigenvalue weighted by molar-refractivity contribution is 0.835. The summed E-state index contributed by atoms with van der Waals surface area (Å²) in [7, 11) is -2.30. The molecule has 1 aliphatic carbocycles.